The second-order valence-corrected chi connectivity index (χ2v) is 5.92. The molecule has 1 aliphatic heterocycles. The lowest BCUT2D eigenvalue weighted by Crippen LogP contribution is -2.26. The van der Waals surface area contributed by atoms with Crippen molar-refractivity contribution in [3.63, 3.8) is 0 Å². The van der Waals surface area contributed by atoms with Gasteiger partial charge in [0.15, 0.2) is 0 Å². The Bertz CT molecular complexity index is 934. The number of carbonyl (C=O) groups excluding carboxylic acids is 1. The Morgan fingerprint density at radius 1 is 0.920 bits per heavy atom. The van der Waals surface area contributed by atoms with Crippen molar-refractivity contribution < 1.29 is 4.79 Å². The van der Waals surface area contributed by atoms with Crippen molar-refractivity contribution in [1.29, 1.82) is 0 Å². The van der Waals surface area contributed by atoms with E-state index >= 15 is 0 Å². The summed E-state index contributed by atoms with van der Waals surface area (Å²) in [6.45, 7) is 1.66. The highest BCUT2D eigenvalue weighted by Gasteiger charge is 2.08. The summed E-state index contributed by atoms with van der Waals surface area (Å²) in [6.07, 6.45) is 1.78. The molecule has 3 aromatic rings. The summed E-state index contributed by atoms with van der Waals surface area (Å²) < 4.78 is 0. The van der Waals surface area contributed by atoms with Crippen LogP contribution in [0.3, 0.4) is 0 Å². The first-order chi connectivity index (χ1) is 12.3. The lowest BCUT2D eigenvalue weighted by molar-refractivity contribution is 0.102. The maximum absolute atomic E-state index is 12.4. The number of carbonyl (C=O) groups is 1. The van der Waals surface area contributed by atoms with E-state index < -0.39 is 0 Å². The average molecular weight is 330 g/mol. The first-order valence-electron chi connectivity index (χ1n) is 8.21. The zero-order chi connectivity index (χ0) is 17.1. The Balaban J connectivity index is 1.45. The number of nitrogens with one attached hydrogen (secondary N) is 2. The van der Waals surface area contributed by atoms with Crippen molar-refractivity contribution >= 4 is 34.4 Å². The molecule has 25 heavy (non-hydrogen) atoms. The van der Waals surface area contributed by atoms with Gasteiger partial charge in [-0.2, -0.15) is 0 Å². The van der Waals surface area contributed by atoms with Crippen LogP contribution in [-0.4, -0.2) is 30.3 Å². The molecule has 5 nitrogen and oxygen atoms in total. The molecule has 0 fully saturated rings. The smallest absolute Gasteiger partial charge is 0.255 e. The van der Waals surface area contributed by atoms with Crippen LogP contribution in [0.5, 0.6) is 0 Å². The molecule has 124 valence electrons. The van der Waals surface area contributed by atoms with Crippen LogP contribution >= 0.6 is 0 Å². The fourth-order valence-corrected chi connectivity index (χ4v) is 2.80. The van der Waals surface area contributed by atoms with Gasteiger partial charge in [-0.15, -0.1) is 0 Å². The monoisotopic (exact) mass is 330 g/mol. The third-order valence-corrected chi connectivity index (χ3v) is 4.12. The van der Waals surface area contributed by atoms with Crippen molar-refractivity contribution in [3.05, 3.63) is 72.3 Å². The van der Waals surface area contributed by atoms with Crippen molar-refractivity contribution in [2.24, 2.45) is 4.99 Å². The summed E-state index contributed by atoms with van der Waals surface area (Å²) in [5.74, 6) is -0.121. The Labute approximate surface area is 146 Å². The van der Waals surface area contributed by atoms with Gasteiger partial charge >= 0.3 is 0 Å². The SMILES string of the molecule is O=C(Nc1ccc2ccccc2c1)c1ccc(NN2C=NCC2)cc1. The van der Waals surface area contributed by atoms with Crippen LogP contribution in [0.15, 0.2) is 71.7 Å². The van der Waals surface area contributed by atoms with E-state index in [0.29, 0.717) is 5.56 Å². The van der Waals surface area contributed by atoms with Crippen molar-refractivity contribution in [2.45, 2.75) is 0 Å². The second-order valence-electron chi connectivity index (χ2n) is 5.92. The molecule has 1 aliphatic rings. The van der Waals surface area contributed by atoms with E-state index in [1.165, 1.54) is 0 Å². The maximum atomic E-state index is 12.4. The number of nitrogens with zero attached hydrogens (tertiary/aromatic N) is 2. The van der Waals surface area contributed by atoms with Crippen LogP contribution in [0.2, 0.25) is 0 Å². The van der Waals surface area contributed by atoms with Crippen LogP contribution in [-0.2, 0) is 0 Å². The number of amides is 1. The van der Waals surface area contributed by atoms with E-state index in [0.717, 1.165) is 35.2 Å². The van der Waals surface area contributed by atoms with Crippen LogP contribution in [0.1, 0.15) is 10.4 Å². The fraction of sp³-hybridized carbons (Fsp3) is 0.100. The highest BCUT2D eigenvalue weighted by atomic mass is 16.1. The van der Waals surface area contributed by atoms with Crippen molar-refractivity contribution in [2.75, 3.05) is 23.8 Å². The first kappa shape index (κ1) is 15.2. The number of benzene rings is 3. The molecule has 0 saturated heterocycles. The Hall–Kier alpha value is -3.34. The summed E-state index contributed by atoms with van der Waals surface area (Å²) in [6, 6.07) is 21.4. The normalized spacial score (nSPS) is 13.2. The van der Waals surface area contributed by atoms with E-state index in [4.69, 9.17) is 0 Å². The number of anilines is 2. The molecule has 0 aromatic heterocycles. The van der Waals surface area contributed by atoms with Gasteiger partial charge in [-0.3, -0.25) is 20.2 Å². The molecule has 0 spiro atoms. The van der Waals surface area contributed by atoms with Crippen molar-refractivity contribution in [3.8, 4) is 0 Å². The molecule has 2 N–H and O–H groups in total. The molecule has 0 radical (unpaired) electrons. The number of fused-ring (bicyclic) bond motifs is 1. The molecule has 0 bridgehead atoms. The largest absolute Gasteiger partial charge is 0.322 e. The van der Waals surface area contributed by atoms with Gasteiger partial charge in [0.05, 0.1) is 18.8 Å². The summed E-state index contributed by atoms with van der Waals surface area (Å²) in [7, 11) is 0. The third-order valence-electron chi connectivity index (χ3n) is 4.12. The molecule has 1 amide bonds. The van der Waals surface area contributed by atoms with Crippen LogP contribution < -0.4 is 10.7 Å². The number of hydrogen-bond acceptors (Lipinski definition) is 4. The number of hydrazine groups is 1. The highest BCUT2D eigenvalue weighted by Crippen LogP contribution is 2.20. The molecule has 0 atom stereocenters. The predicted octanol–water partition coefficient (Wildman–Crippen LogP) is 3.76. The topological polar surface area (TPSA) is 56.7 Å². The van der Waals surface area contributed by atoms with Gasteiger partial charge in [0.1, 0.15) is 6.34 Å². The van der Waals surface area contributed by atoms with Gasteiger partial charge in [0.25, 0.3) is 5.91 Å². The van der Waals surface area contributed by atoms with E-state index in [9.17, 15) is 4.79 Å². The Kier molecular flexibility index (Phi) is 4.04. The minimum Gasteiger partial charge on any atom is -0.322 e. The van der Waals surface area contributed by atoms with Gasteiger partial charge in [0, 0.05) is 11.3 Å². The minimum atomic E-state index is -0.121. The summed E-state index contributed by atoms with van der Waals surface area (Å²) in [5.41, 5.74) is 5.57. The molecule has 0 unspecified atom stereocenters. The average Bonchev–Trinajstić information content (AvgIpc) is 3.15. The van der Waals surface area contributed by atoms with Crippen LogP contribution in [0, 0.1) is 0 Å². The van der Waals surface area contributed by atoms with Crippen LogP contribution in [0.4, 0.5) is 11.4 Å². The number of rotatable bonds is 4. The van der Waals surface area contributed by atoms with Crippen molar-refractivity contribution in [1.82, 2.24) is 5.01 Å². The molecular weight excluding hydrogens is 312 g/mol. The second kappa shape index (κ2) is 6.65. The standard InChI is InChI=1S/C20H18N4O/c25-20(22-19-10-5-15-3-1-2-4-17(15)13-19)16-6-8-18(9-7-16)23-24-12-11-21-14-24/h1-10,13-14,23H,11-12H2,(H,22,25). The quantitative estimate of drug-likeness (QED) is 0.766. The zero-order valence-corrected chi connectivity index (χ0v) is 13.6. The number of hydrogen-bond donors (Lipinski definition) is 2. The van der Waals surface area contributed by atoms with E-state index in [1.807, 2.05) is 65.7 Å². The predicted molar refractivity (Wildman–Crippen MR) is 102 cm³/mol. The van der Waals surface area contributed by atoms with E-state index in [-0.39, 0.29) is 5.91 Å². The summed E-state index contributed by atoms with van der Waals surface area (Å²) >= 11 is 0. The molecule has 0 aliphatic carbocycles. The molecule has 4 rings (SSSR count). The maximum Gasteiger partial charge on any atom is 0.255 e. The molecular formula is C20H18N4O. The van der Waals surface area contributed by atoms with Gasteiger partial charge in [-0.1, -0.05) is 30.3 Å². The number of aliphatic imine (C=N–C) groups is 1. The molecule has 0 saturated carbocycles. The third kappa shape index (κ3) is 3.45. The lowest BCUT2D eigenvalue weighted by atomic mass is 10.1. The zero-order valence-electron chi connectivity index (χ0n) is 13.6. The highest BCUT2D eigenvalue weighted by molar-refractivity contribution is 6.05. The van der Waals surface area contributed by atoms with E-state index in [1.54, 1.807) is 6.34 Å². The molecule has 1 heterocycles. The van der Waals surface area contributed by atoms with Gasteiger partial charge in [-0.25, -0.2) is 0 Å². The molecule has 3 aromatic carbocycles. The first-order valence-corrected chi connectivity index (χ1v) is 8.21. The Morgan fingerprint density at radius 3 is 2.44 bits per heavy atom. The van der Waals surface area contributed by atoms with E-state index in [2.05, 4.69) is 21.8 Å². The molecule has 5 heteroatoms. The lowest BCUT2D eigenvalue weighted by Gasteiger charge is -2.16. The minimum absolute atomic E-state index is 0.121. The van der Waals surface area contributed by atoms with Gasteiger partial charge in [0.2, 0.25) is 0 Å². The van der Waals surface area contributed by atoms with Gasteiger partial charge < -0.3 is 5.32 Å². The fourth-order valence-electron chi connectivity index (χ4n) is 2.80. The summed E-state index contributed by atoms with van der Waals surface area (Å²) in [4.78, 5) is 16.6. The Morgan fingerprint density at radius 2 is 1.68 bits per heavy atom. The summed E-state index contributed by atoms with van der Waals surface area (Å²) in [5, 5.41) is 7.13. The van der Waals surface area contributed by atoms with Gasteiger partial charge in [-0.05, 0) is 47.2 Å². The van der Waals surface area contributed by atoms with Crippen LogP contribution in [0.25, 0.3) is 10.8 Å².